The van der Waals surface area contributed by atoms with Crippen LogP contribution >= 0.6 is 0 Å². The number of likely N-dealkylation sites (tertiary alicyclic amines) is 1. The van der Waals surface area contributed by atoms with Crippen molar-refractivity contribution in [3.05, 3.63) is 11.6 Å². The van der Waals surface area contributed by atoms with Crippen molar-refractivity contribution in [1.82, 2.24) is 4.90 Å². The van der Waals surface area contributed by atoms with Gasteiger partial charge in [0.05, 0.1) is 6.61 Å². The normalized spacial score (nSPS) is 31.9. The van der Waals surface area contributed by atoms with Crippen molar-refractivity contribution in [2.24, 2.45) is 5.41 Å². The van der Waals surface area contributed by atoms with Crippen LogP contribution in [0.1, 0.15) is 51.4 Å². The molecule has 2 fully saturated rings. The lowest BCUT2D eigenvalue weighted by Gasteiger charge is -2.39. The molecule has 1 atom stereocenters. The van der Waals surface area contributed by atoms with Crippen LogP contribution in [-0.2, 0) is 9.53 Å². The maximum Gasteiger partial charge on any atom is 0.222 e. The van der Waals surface area contributed by atoms with Gasteiger partial charge in [0.1, 0.15) is 0 Å². The first-order chi connectivity index (χ1) is 9.27. The van der Waals surface area contributed by atoms with Crippen LogP contribution in [0.5, 0.6) is 0 Å². The smallest absolute Gasteiger partial charge is 0.222 e. The summed E-state index contributed by atoms with van der Waals surface area (Å²) in [6.45, 7) is 3.60. The summed E-state index contributed by atoms with van der Waals surface area (Å²) in [4.78, 5) is 14.2. The van der Waals surface area contributed by atoms with Crippen LogP contribution in [-0.4, -0.2) is 37.1 Å². The van der Waals surface area contributed by atoms with Gasteiger partial charge >= 0.3 is 0 Å². The number of carbonyl (C=O) groups is 1. The van der Waals surface area contributed by atoms with Gasteiger partial charge in [-0.05, 0) is 44.9 Å². The van der Waals surface area contributed by atoms with Crippen molar-refractivity contribution < 1.29 is 9.53 Å². The summed E-state index contributed by atoms with van der Waals surface area (Å²) in [5.41, 5.74) is 1.86. The third-order valence-corrected chi connectivity index (χ3v) is 5.02. The van der Waals surface area contributed by atoms with Gasteiger partial charge in [-0.25, -0.2) is 0 Å². The van der Waals surface area contributed by atoms with Gasteiger partial charge in [-0.3, -0.25) is 4.79 Å². The van der Waals surface area contributed by atoms with Gasteiger partial charge in [0.15, 0.2) is 0 Å². The Hall–Kier alpha value is -0.830. The zero-order chi connectivity index (χ0) is 13.1. The largest absolute Gasteiger partial charge is 0.381 e. The Morgan fingerprint density at radius 1 is 1.26 bits per heavy atom. The van der Waals surface area contributed by atoms with Crippen LogP contribution in [0.2, 0.25) is 0 Å². The van der Waals surface area contributed by atoms with Crippen LogP contribution in [0.15, 0.2) is 11.6 Å². The fourth-order valence-electron chi connectivity index (χ4n) is 3.69. The average Bonchev–Trinajstić information content (AvgIpc) is 2.90. The second-order valence-electron chi connectivity index (χ2n) is 6.48. The minimum atomic E-state index is 0.287. The molecule has 2 aliphatic heterocycles. The van der Waals surface area contributed by atoms with Crippen molar-refractivity contribution >= 4 is 5.91 Å². The third-order valence-electron chi connectivity index (χ3n) is 5.02. The Balaban J connectivity index is 1.56. The molecule has 2 saturated heterocycles. The first-order valence-corrected chi connectivity index (χ1v) is 7.81. The molecule has 0 unspecified atom stereocenters. The molecule has 3 nitrogen and oxygen atoms in total. The lowest BCUT2D eigenvalue weighted by molar-refractivity contribution is -0.137. The third kappa shape index (κ3) is 3.02. The van der Waals surface area contributed by atoms with Crippen LogP contribution in [0.3, 0.4) is 0 Å². The van der Waals surface area contributed by atoms with Gasteiger partial charge in [0, 0.05) is 31.5 Å². The highest BCUT2D eigenvalue weighted by atomic mass is 16.5. The Morgan fingerprint density at radius 2 is 2.21 bits per heavy atom. The van der Waals surface area contributed by atoms with E-state index >= 15 is 0 Å². The highest BCUT2D eigenvalue weighted by Gasteiger charge is 2.41. The number of hydrogen-bond acceptors (Lipinski definition) is 2. The van der Waals surface area contributed by atoms with Crippen molar-refractivity contribution in [3.63, 3.8) is 0 Å². The second kappa shape index (κ2) is 5.66. The number of piperidine rings is 1. The number of rotatable bonds is 3. The fourth-order valence-corrected chi connectivity index (χ4v) is 3.69. The zero-order valence-corrected chi connectivity index (χ0v) is 11.8. The molecule has 1 spiro atoms. The van der Waals surface area contributed by atoms with Gasteiger partial charge < -0.3 is 9.64 Å². The van der Waals surface area contributed by atoms with E-state index in [4.69, 9.17) is 4.74 Å². The molecule has 0 saturated carbocycles. The number of carbonyl (C=O) groups excluding carboxylic acids is 1. The SMILES string of the molecule is O=C1CC[C@]2(CCOC2)CN1CCC1=CCCCC1. The molecule has 3 aliphatic rings. The molecule has 0 N–H and O–H groups in total. The Bertz CT molecular complexity index is 369. The number of allylic oxidation sites excluding steroid dienone is 1. The molecule has 3 rings (SSSR count). The summed E-state index contributed by atoms with van der Waals surface area (Å²) in [6.07, 6.45) is 11.5. The van der Waals surface area contributed by atoms with Crippen LogP contribution in [0.25, 0.3) is 0 Å². The van der Waals surface area contributed by atoms with Crippen LogP contribution in [0, 0.1) is 5.41 Å². The summed E-state index contributed by atoms with van der Waals surface area (Å²) < 4.78 is 5.57. The molecule has 0 aromatic heterocycles. The molecular formula is C16H25NO2. The molecule has 1 aliphatic carbocycles. The predicted octanol–water partition coefficient (Wildman–Crippen LogP) is 2.91. The van der Waals surface area contributed by atoms with Crippen LogP contribution < -0.4 is 0 Å². The summed E-state index contributed by atoms with van der Waals surface area (Å²) >= 11 is 0. The van der Waals surface area contributed by atoms with E-state index in [9.17, 15) is 4.79 Å². The fraction of sp³-hybridized carbons (Fsp3) is 0.812. The minimum absolute atomic E-state index is 0.287. The Morgan fingerprint density at radius 3 is 2.95 bits per heavy atom. The molecule has 106 valence electrons. The Kier molecular flexibility index (Phi) is 3.92. The molecule has 0 aromatic carbocycles. The van der Waals surface area contributed by atoms with Crippen molar-refractivity contribution in [1.29, 1.82) is 0 Å². The summed E-state index contributed by atoms with van der Waals surface area (Å²) in [5.74, 6) is 0.355. The monoisotopic (exact) mass is 263 g/mol. The molecule has 0 aromatic rings. The second-order valence-corrected chi connectivity index (χ2v) is 6.48. The van der Waals surface area contributed by atoms with E-state index < -0.39 is 0 Å². The first-order valence-electron chi connectivity index (χ1n) is 7.81. The minimum Gasteiger partial charge on any atom is -0.381 e. The van der Waals surface area contributed by atoms with Gasteiger partial charge in [-0.2, -0.15) is 0 Å². The molecule has 0 bridgehead atoms. The van der Waals surface area contributed by atoms with E-state index in [0.29, 0.717) is 5.91 Å². The van der Waals surface area contributed by atoms with Crippen molar-refractivity contribution in [3.8, 4) is 0 Å². The van der Waals surface area contributed by atoms with E-state index in [-0.39, 0.29) is 5.41 Å². The maximum absolute atomic E-state index is 12.1. The zero-order valence-electron chi connectivity index (χ0n) is 11.8. The van der Waals surface area contributed by atoms with Gasteiger partial charge in [0.25, 0.3) is 0 Å². The average molecular weight is 263 g/mol. The molecule has 3 heteroatoms. The molecule has 2 heterocycles. The highest BCUT2D eigenvalue weighted by Crippen LogP contribution is 2.38. The van der Waals surface area contributed by atoms with E-state index in [1.165, 1.54) is 25.7 Å². The molecular weight excluding hydrogens is 238 g/mol. The summed E-state index contributed by atoms with van der Waals surface area (Å²) in [7, 11) is 0. The summed E-state index contributed by atoms with van der Waals surface area (Å²) in [5, 5.41) is 0. The van der Waals surface area contributed by atoms with Gasteiger partial charge in [0.2, 0.25) is 5.91 Å². The van der Waals surface area contributed by atoms with E-state index in [1.807, 2.05) is 0 Å². The first kappa shape index (κ1) is 13.2. The van der Waals surface area contributed by atoms with Crippen LogP contribution in [0.4, 0.5) is 0 Å². The van der Waals surface area contributed by atoms with E-state index in [2.05, 4.69) is 11.0 Å². The number of ether oxygens (including phenoxy) is 1. The molecule has 1 amide bonds. The molecule has 0 radical (unpaired) electrons. The maximum atomic E-state index is 12.1. The number of amides is 1. The van der Waals surface area contributed by atoms with Gasteiger partial charge in [-0.1, -0.05) is 11.6 Å². The summed E-state index contributed by atoms with van der Waals surface area (Å²) in [6, 6.07) is 0. The lowest BCUT2D eigenvalue weighted by atomic mass is 9.79. The van der Waals surface area contributed by atoms with Gasteiger partial charge in [-0.15, -0.1) is 0 Å². The molecule has 19 heavy (non-hydrogen) atoms. The van der Waals surface area contributed by atoms with Crippen molar-refractivity contribution in [2.45, 2.75) is 51.4 Å². The lowest BCUT2D eigenvalue weighted by Crippen LogP contribution is -2.47. The van der Waals surface area contributed by atoms with E-state index in [0.717, 1.165) is 52.0 Å². The highest BCUT2D eigenvalue weighted by molar-refractivity contribution is 5.77. The quantitative estimate of drug-likeness (QED) is 0.733. The van der Waals surface area contributed by atoms with Crippen molar-refractivity contribution in [2.75, 3.05) is 26.3 Å². The Labute approximate surface area is 116 Å². The topological polar surface area (TPSA) is 29.5 Å². The number of hydrogen-bond donors (Lipinski definition) is 0. The number of nitrogens with zero attached hydrogens (tertiary/aromatic N) is 1. The standard InChI is InChI=1S/C16H25NO2/c18-15-6-8-16(9-11-19-13-16)12-17(15)10-7-14-4-2-1-3-5-14/h4H,1-3,5-13H2/t16-/m0/s1. The van der Waals surface area contributed by atoms with E-state index in [1.54, 1.807) is 5.57 Å². The predicted molar refractivity (Wildman–Crippen MR) is 74.9 cm³/mol.